The number of carbonyl (C=O) groups excluding carboxylic acids is 1. The van der Waals surface area contributed by atoms with Gasteiger partial charge in [0.25, 0.3) is 0 Å². The molecule has 0 saturated carbocycles. The summed E-state index contributed by atoms with van der Waals surface area (Å²) in [6.45, 7) is 5.75. The molecule has 0 aliphatic carbocycles. The lowest BCUT2D eigenvalue weighted by molar-refractivity contribution is -0.119. The highest BCUT2D eigenvalue weighted by molar-refractivity contribution is 5.78. The Morgan fingerprint density at radius 3 is 2.47 bits per heavy atom. The van der Waals surface area contributed by atoms with Crippen LogP contribution in [-0.2, 0) is 14.3 Å². The van der Waals surface area contributed by atoms with Crippen LogP contribution in [0.25, 0.3) is 0 Å². The maximum atomic E-state index is 10.3. The lowest BCUT2D eigenvalue weighted by atomic mass is 10.2. The molecule has 0 aromatic rings. The Labute approximate surface area is 92.3 Å². The summed E-state index contributed by atoms with van der Waals surface area (Å²) in [5, 5.41) is 2.73. The maximum Gasteiger partial charge on any atom is 0.220 e. The van der Waals surface area contributed by atoms with E-state index in [1.54, 1.807) is 14.2 Å². The summed E-state index contributed by atoms with van der Waals surface area (Å²) in [5.74, 6) is 0.764. The van der Waals surface area contributed by atoms with Crippen molar-refractivity contribution in [3.8, 4) is 0 Å². The third-order valence-corrected chi connectivity index (χ3v) is 2.31. The van der Waals surface area contributed by atoms with Crippen LogP contribution in [0.1, 0.15) is 26.7 Å². The van der Waals surface area contributed by atoms with E-state index in [1.807, 2.05) is 6.92 Å². The Morgan fingerprint density at radius 1 is 1.53 bits per heavy atom. The molecule has 90 valence electrons. The van der Waals surface area contributed by atoms with Gasteiger partial charge in [-0.05, 0) is 19.3 Å². The highest BCUT2D eigenvalue weighted by Gasteiger charge is 2.15. The summed E-state index contributed by atoms with van der Waals surface area (Å²) in [5.41, 5.74) is 0. The molecular formula is C11H23NO3. The highest BCUT2D eigenvalue weighted by atomic mass is 16.5. The summed E-state index contributed by atoms with van der Waals surface area (Å²) in [6.07, 6.45) is 2.03. The van der Waals surface area contributed by atoms with Crippen LogP contribution in [0, 0.1) is 5.92 Å². The Kier molecular flexibility index (Phi) is 8.33. The smallest absolute Gasteiger partial charge is 0.220 e. The monoisotopic (exact) mass is 217 g/mol. The van der Waals surface area contributed by atoms with Gasteiger partial charge >= 0.3 is 0 Å². The molecule has 1 unspecified atom stereocenters. The number of amides is 1. The van der Waals surface area contributed by atoms with E-state index in [-0.39, 0.29) is 5.91 Å². The minimum Gasteiger partial charge on any atom is -0.385 e. The zero-order valence-corrected chi connectivity index (χ0v) is 10.2. The number of rotatable bonds is 4. The molecule has 0 bridgehead atoms. The van der Waals surface area contributed by atoms with Gasteiger partial charge in [0.15, 0.2) is 0 Å². The minimum absolute atomic E-state index is 0.201. The third-order valence-electron chi connectivity index (χ3n) is 2.31. The van der Waals surface area contributed by atoms with Crippen molar-refractivity contribution in [3.05, 3.63) is 0 Å². The van der Waals surface area contributed by atoms with Crippen molar-refractivity contribution in [1.82, 2.24) is 5.32 Å². The molecule has 0 spiro atoms. The predicted molar refractivity (Wildman–Crippen MR) is 59.8 cm³/mol. The first-order chi connectivity index (χ1) is 7.10. The predicted octanol–water partition coefficient (Wildman–Crippen LogP) is 1.20. The van der Waals surface area contributed by atoms with Crippen LogP contribution in [0.15, 0.2) is 0 Å². The normalized spacial score (nSPS) is 21.6. The fraction of sp³-hybridized carbons (Fsp3) is 0.909. The van der Waals surface area contributed by atoms with Crippen LogP contribution in [0.5, 0.6) is 0 Å². The molecule has 1 fully saturated rings. The molecular weight excluding hydrogens is 194 g/mol. The number of hydrogen-bond donors (Lipinski definition) is 1. The van der Waals surface area contributed by atoms with Crippen LogP contribution in [-0.4, -0.2) is 39.4 Å². The van der Waals surface area contributed by atoms with Crippen LogP contribution in [0.3, 0.4) is 0 Å². The van der Waals surface area contributed by atoms with E-state index in [1.165, 1.54) is 0 Å². The summed E-state index contributed by atoms with van der Waals surface area (Å²) in [7, 11) is 3.41. The number of nitrogens with one attached hydrogen (secondary N) is 1. The second-order valence-electron chi connectivity index (χ2n) is 3.94. The lowest BCUT2D eigenvalue weighted by Gasteiger charge is -2.06. The molecule has 1 aliphatic heterocycles. The topological polar surface area (TPSA) is 47.6 Å². The fourth-order valence-corrected chi connectivity index (χ4v) is 1.15. The van der Waals surface area contributed by atoms with Crippen molar-refractivity contribution in [2.24, 2.45) is 5.92 Å². The molecule has 2 atom stereocenters. The molecule has 1 aliphatic rings. The molecule has 1 saturated heterocycles. The van der Waals surface area contributed by atoms with Crippen molar-refractivity contribution in [2.45, 2.75) is 32.8 Å². The van der Waals surface area contributed by atoms with Gasteiger partial charge in [-0.25, -0.2) is 0 Å². The van der Waals surface area contributed by atoms with Gasteiger partial charge in [-0.1, -0.05) is 6.92 Å². The average molecular weight is 217 g/mol. The van der Waals surface area contributed by atoms with Crippen molar-refractivity contribution >= 4 is 5.91 Å². The fourth-order valence-electron chi connectivity index (χ4n) is 1.15. The van der Waals surface area contributed by atoms with Crippen LogP contribution >= 0.6 is 0 Å². The van der Waals surface area contributed by atoms with Crippen molar-refractivity contribution in [3.63, 3.8) is 0 Å². The lowest BCUT2D eigenvalue weighted by Crippen LogP contribution is -2.13. The first-order valence-corrected chi connectivity index (χ1v) is 5.38. The Bertz CT molecular complexity index is 173. The molecule has 1 heterocycles. The van der Waals surface area contributed by atoms with Gasteiger partial charge in [-0.2, -0.15) is 0 Å². The largest absolute Gasteiger partial charge is 0.385 e. The number of hydrogen-bond acceptors (Lipinski definition) is 3. The summed E-state index contributed by atoms with van der Waals surface area (Å²) in [6, 6.07) is 0. The van der Waals surface area contributed by atoms with Crippen molar-refractivity contribution < 1.29 is 14.3 Å². The van der Waals surface area contributed by atoms with Gasteiger partial charge in [-0.3, -0.25) is 4.79 Å². The molecule has 1 rings (SSSR count). The van der Waals surface area contributed by atoms with Crippen molar-refractivity contribution in [1.29, 1.82) is 0 Å². The van der Waals surface area contributed by atoms with Gasteiger partial charge < -0.3 is 14.8 Å². The SMILES string of the molecule is COCCC(C)OC.C[C@H]1CNC(=O)C1. The Balaban J connectivity index is 0.000000262. The molecule has 0 aromatic carbocycles. The van der Waals surface area contributed by atoms with E-state index in [2.05, 4.69) is 12.2 Å². The molecule has 4 nitrogen and oxygen atoms in total. The number of carbonyl (C=O) groups is 1. The van der Waals surface area contributed by atoms with Gasteiger partial charge in [0.1, 0.15) is 0 Å². The summed E-state index contributed by atoms with van der Waals surface area (Å²) < 4.78 is 9.81. The molecule has 0 radical (unpaired) electrons. The number of ether oxygens (including phenoxy) is 2. The summed E-state index contributed by atoms with van der Waals surface area (Å²) >= 11 is 0. The van der Waals surface area contributed by atoms with E-state index >= 15 is 0 Å². The second kappa shape index (κ2) is 8.68. The third kappa shape index (κ3) is 8.39. The zero-order valence-electron chi connectivity index (χ0n) is 10.2. The number of methoxy groups -OCH3 is 2. The van der Waals surface area contributed by atoms with Gasteiger partial charge in [0, 0.05) is 33.8 Å². The molecule has 15 heavy (non-hydrogen) atoms. The molecule has 0 aromatic heterocycles. The Hall–Kier alpha value is -0.610. The van der Waals surface area contributed by atoms with Gasteiger partial charge in [0.2, 0.25) is 5.91 Å². The van der Waals surface area contributed by atoms with Crippen molar-refractivity contribution in [2.75, 3.05) is 27.4 Å². The van der Waals surface area contributed by atoms with E-state index in [4.69, 9.17) is 9.47 Å². The second-order valence-corrected chi connectivity index (χ2v) is 3.94. The standard InChI is InChI=1S/C6H14O2.C5H9NO/c1-6(8-3)4-5-7-2;1-4-2-5(7)6-3-4/h6H,4-5H2,1-3H3;4H,2-3H2,1H3,(H,6,7)/t;4-/m.1/s1. The minimum atomic E-state index is 0.201. The zero-order chi connectivity index (χ0) is 11.7. The molecule has 4 heteroatoms. The quantitative estimate of drug-likeness (QED) is 0.769. The van der Waals surface area contributed by atoms with E-state index < -0.39 is 0 Å². The van der Waals surface area contributed by atoms with Gasteiger partial charge in [0.05, 0.1) is 6.10 Å². The molecule has 1 amide bonds. The van der Waals surface area contributed by atoms with E-state index in [9.17, 15) is 4.79 Å². The highest BCUT2D eigenvalue weighted by Crippen LogP contribution is 2.05. The maximum absolute atomic E-state index is 10.3. The van der Waals surface area contributed by atoms with Crippen LogP contribution in [0.4, 0.5) is 0 Å². The Morgan fingerprint density at radius 2 is 2.20 bits per heavy atom. The average Bonchev–Trinajstić information content (AvgIpc) is 2.59. The van der Waals surface area contributed by atoms with E-state index in [0.717, 1.165) is 26.0 Å². The van der Waals surface area contributed by atoms with Gasteiger partial charge in [-0.15, -0.1) is 0 Å². The summed E-state index contributed by atoms with van der Waals surface area (Å²) in [4.78, 5) is 10.3. The first kappa shape index (κ1) is 14.4. The first-order valence-electron chi connectivity index (χ1n) is 5.38. The van der Waals surface area contributed by atoms with Crippen LogP contribution < -0.4 is 5.32 Å². The van der Waals surface area contributed by atoms with E-state index in [0.29, 0.717) is 12.0 Å². The van der Waals surface area contributed by atoms with Crippen LogP contribution in [0.2, 0.25) is 0 Å². The molecule has 1 N–H and O–H groups in total.